The van der Waals surface area contributed by atoms with Gasteiger partial charge in [0, 0.05) is 11.6 Å². The van der Waals surface area contributed by atoms with Crippen molar-refractivity contribution in [2.45, 2.75) is 39.8 Å². The van der Waals surface area contributed by atoms with Gasteiger partial charge >= 0.3 is 0 Å². The first-order valence-electron chi connectivity index (χ1n) is 6.42. The Kier molecular flexibility index (Phi) is 4.27. The van der Waals surface area contributed by atoms with E-state index in [-0.39, 0.29) is 5.82 Å². The summed E-state index contributed by atoms with van der Waals surface area (Å²) >= 11 is 0. The maximum absolute atomic E-state index is 13.3. The van der Waals surface area contributed by atoms with Crippen LogP contribution in [0.1, 0.15) is 31.7 Å². The highest BCUT2D eigenvalue weighted by Gasteiger charge is 2.10. The molecule has 1 aromatic carbocycles. The van der Waals surface area contributed by atoms with Crippen LogP contribution in [0, 0.1) is 12.7 Å². The third-order valence-electron chi connectivity index (χ3n) is 2.98. The molecule has 19 heavy (non-hydrogen) atoms. The van der Waals surface area contributed by atoms with E-state index in [0.717, 1.165) is 12.0 Å². The third kappa shape index (κ3) is 3.61. The molecular weight excluding hydrogens is 245 g/mol. The van der Waals surface area contributed by atoms with Crippen molar-refractivity contribution in [3.8, 4) is 11.4 Å². The fraction of sp³-hybridized carbons (Fsp3) is 0.429. The number of aryl methyl sites for hydroxylation is 1. The van der Waals surface area contributed by atoms with Gasteiger partial charge in [-0.05, 0) is 44.0 Å². The normalized spacial score (nSPS) is 12.6. The van der Waals surface area contributed by atoms with Gasteiger partial charge in [0.15, 0.2) is 0 Å². The smallest absolute Gasteiger partial charge is 0.240 e. The second-order valence-corrected chi connectivity index (χ2v) is 4.72. The van der Waals surface area contributed by atoms with Crippen LogP contribution in [-0.4, -0.2) is 16.2 Å². The number of nitrogens with one attached hydrogen (secondary N) is 1. The molecule has 4 nitrogen and oxygen atoms in total. The largest absolute Gasteiger partial charge is 0.338 e. The van der Waals surface area contributed by atoms with Gasteiger partial charge in [0.25, 0.3) is 0 Å². The lowest BCUT2D eigenvalue weighted by Crippen LogP contribution is -2.24. The Hall–Kier alpha value is -1.75. The molecule has 0 saturated heterocycles. The molecule has 1 N–H and O–H groups in total. The SMILES string of the molecule is CCC(C)NCc1nc(-c2cc(C)cc(F)c2)no1. The van der Waals surface area contributed by atoms with Crippen LogP contribution >= 0.6 is 0 Å². The second-order valence-electron chi connectivity index (χ2n) is 4.72. The van der Waals surface area contributed by atoms with Crippen LogP contribution in [0.3, 0.4) is 0 Å². The van der Waals surface area contributed by atoms with Crippen LogP contribution < -0.4 is 5.32 Å². The van der Waals surface area contributed by atoms with Crippen molar-refractivity contribution in [1.82, 2.24) is 15.5 Å². The van der Waals surface area contributed by atoms with E-state index in [9.17, 15) is 4.39 Å². The minimum absolute atomic E-state index is 0.293. The van der Waals surface area contributed by atoms with Crippen LogP contribution in [-0.2, 0) is 6.54 Å². The van der Waals surface area contributed by atoms with Crippen molar-refractivity contribution in [2.24, 2.45) is 0 Å². The van der Waals surface area contributed by atoms with E-state index in [1.165, 1.54) is 12.1 Å². The Morgan fingerprint density at radius 2 is 2.16 bits per heavy atom. The summed E-state index contributed by atoms with van der Waals surface area (Å²) in [6, 6.07) is 5.10. The number of aromatic nitrogens is 2. The maximum atomic E-state index is 13.3. The predicted octanol–water partition coefficient (Wildman–Crippen LogP) is 3.07. The minimum Gasteiger partial charge on any atom is -0.338 e. The van der Waals surface area contributed by atoms with Crippen molar-refractivity contribution in [3.63, 3.8) is 0 Å². The quantitative estimate of drug-likeness (QED) is 0.900. The molecule has 0 radical (unpaired) electrons. The molecule has 2 rings (SSSR count). The summed E-state index contributed by atoms with van der Waals surface area (Å²) < 4.78 is 18.5. The average Bonchev–Trinajstić information content (AvgIpc) is 2.83. The summed E-state index contributed by atoms with van der Waals surface area (Å²) in [5, 5.41) is 7.15. The summed E-state index contributed by atoms with van der Waals surface area (Å²) in [4.78, 5) is 4.26. The van der Waals surface area contributed by atoms with Crippen LogP contribution in [0.15, 0.2) is 22.7 Å². The fourth-order valence-electron chi connectivity index (χ4n) is 1.72. The standard InChI is InChI=1S/C14H18FN3O/c1-4-10(3)16-8-13-17-14(18-19-13)11-5-9(2)6-12(15)7-11/h5-7,10,16H,4,8H2,1-3H3. The number of halogens is 1. The summed E-state index contributed by atoms with van der Waals surface area (Å²) in [5.41, 5.74) is 1.47. The molecule has 0 bridgehead atoms. The first-order valence-corrected chi connectivity index (χ1v) is 6.42. The first-order chi connectivity index (χ1) is 9.08. The topological polar surface area (TPSA) is 51.0 Å². The van der Waals surface area contributed by atoms with E-state index >= 15 is 0 Å². The minimum atomic E-state index is -0.293. The van der Waals surface area contributed by atoms with Gasteiger partial charge in [-0.1, -0.05) is 12.1 Å². The molecule has 1 unspecified atom stereocenters. The van der Waals surface area contributed by atoms with Crippen molar-refractivity contribution in [3.05, 3.63) is 35.5 Å². The number of benzene rings is 1. The molecule has 0 aliphatic carbocycles. The highest BCUT2D eigenvalue weighted by molar-refractivity contribution is 5.55. The summed E-state index contributed by atoms with van der Waals surface area (Å²) in [5.74, 6) is 0.639. The van der Waals surface area contributed by atoms with Gasteiger partial charge in [-0.2, -0.15) is 4.98 Å². The second kappa shape index (κ2) is 5.93. The van der Waals surface area contributed by atoms with Crippen LogP contribution in [0.4, 0.5) is 4.39 Å². The predicted molar refractivity (Wildman–Crippen MR) is 71.0 cm³/mol. The lowest BCUT2D eigenvalue weighted by molar-refractivity contribution is 0.358. The zero-order valence-corrected chi connectivity index (χ0v) is 11.4. The molecule has 5 heteroatoms. The average molecular weight is 263 g/mol. The summed E-state index contributed by atoms with van der Waals surface area (Å²) in [6.07, 6.45) is 1.03. The van der Waals surface area contributed by atoms with Gasteiger partial charge in [-0.15, -0.1) is 0 Å². The molecule has 102 valence electrons. The molecule has 1 aromatic heterocycles. The Morgan fingerprint density at radius 3 is 2.84 bits per heavy atom. The van der Waals surface area contributed by atoms with Gasteiger partial charge < -0.3 is 9.84 Å². The van der Waals surface area contributed by atoms with Crippen molar-refractivity contribution < 1.29 is 8.91 Å². The third-order valence-corrected chi connectivity index (χ3v) is 2.98. The molecular formula is C14H18FN3O. The number of rotatable bonds is 5. The Balaban J connectivity index is 2.12. The van der Waals surface area contributed by atoms with Crippen LogP contribution in [0.2, 0.25) is 0 Å². The van der Waals surface area contributed by atoms with E-state index in [2.05, 4.69) is 29.3 Å². The highest BCUT2D eigenvalue weighted by Crippen LogP contribution is 2.19. The molecule has 0 amide bonds. The van der Waals surface area contributed by atoms with E-state index in [4.69, 9.17) is 4.52 Å². The van der Waals surface area contributed by atoms with E-state index < -0.39 is 0 Å². The first kappa shape index (κ1) is 13.7. The van der Waals surface area contributed by atoms with E-state index in [1.807, 2.05) is 13.0 Å². The zero-order chi connectivity index (χ0) is 13.8. The number of nitrogens with zero attached hydrogens (tertiary/aromatic N) is 2. The number of hydrogen-bond donors (Lipinski definition) is 1. The Bertz CT molecular complexity index is 533. The van der Waals surface area contributed by atoms with Crippen molar-refractivity contribution in [1.29, 1.82) is 0 Å². The van der Waals surface area contributed by atoms with Crippen LogP contribution in [0.5, 0.6) is 0 Å². The van der Waals surface area contributed by atoms with Crippen molar-refractivity contribution in [2.75, 3.05) is 0 Å². The zero-order valence-electron chi connectivity index (χ0n) is 11.4. The maximum Gasteiger partial charge on any atom is 0.240 e. The lowest BCUT2D eigenvalue weighted by atomic mass is 10.1. The molecule has 1 heterocycles. The molecule has 0 spiro atoms. The monoisotopic (exact) mass is 263 g/mol. The molecule has 0 aliphatic heterocycles. The Labute approximate surface area is 112 Å². The number of hydrogen-bond acceptors (Lipinski definition) is 4. The van der Waals surface area contributed by atoms with Gasteiger partial charge in [0.1, 0.15) is 5.82 Å². The van der Waals surface area contributed by atoms with Gasteiger partial charge in [0.2, 0.25) is 11.7 Å². The highest BCUT2D eigenvalue weighted by atomic mass is 19.1. The van der Waals surface area contributed by atoms with Gasteiger partial charge in [-0.3, -0.25) is 0 Å². The molecule has 2 aromatic rings. The Morgan fingerprint density at radius 1 is 1.37 bits per heavy atom. The molecule has 1 atom stereocenters. The van der Waals surface area contributed by atoms with E-state index in [0.29, 0.717) is 29.9 Å². The van der Waals surface area contributed by atoms with E-state index in [1.54, 1.807) is 0 Å². The fourth-order valence-corrected chi connectivity index (χ4v) is 1.72. The van der Waals surface area contributed by atoms with Crippen molar-refractivity contribution >= 4 is 0 Å². The van der Waals surface area contributed by atoms with Gasteiger partial charge in [0.05, 0.1) is 6.54 Å². The lowest BCUT2D eigenvalue weighted by Gasteiger charge is -2.07. The molecule has 0 fully saturated rings. The molecule has 0 saturated carbocycles. The molecule has 0 aliphatic rings. The summed E-state index contributed by atoms with van der Waals surface area (Å²) in [6.45, 7) is 6.55. The van der Waals surface area contributed by atoms with Gasteiger partial charge in [-0.25, -0.2) is 4.39 Å². The summed E-state index contributed by atoms with van der Waals surface area (Å²) in [7, 11) is 0. The van der Waals surface area contributed by atoms with Crippen LogP contribution in [0.25, 0.3) is 11.4 Å².